The SMILES string of the molecule is Fc1ccc(C(F)(F)F)cc1C(Cl)Cc1ccccn1. The molecule has 0 aliphatic rings. The Morgan fingerprint density at radius 2 is 1.90 bits per heavy atom. The van der Waals surface area contributed by atoms with Crippen molar-refractivity contribution in [3.05, 3.63) is 65.2 Å². The van der Waals surface area contributed by atoms with Crippen LogP contribution in [0.1, 0.15) is 22.2 Å². The molecule has 6 heteroatoms. The number of benzene rings is 1. The topological polar surface area (TPSA) is 12.9 Å². The molecule has 1 aromatic carbocycles. The molecule has 1 atom stereocenters. The normalized spacial score (nSPS) is 13.2. The summed E-state index contributed by atoms with van der Waals surface area (Å²) in [6.07, 6.45) is -2.83. The number of hydrogen-bond donors (Lipinski definition) is 0. The second-order valence-electron chi connectivity index (χ2n) is 4.23. The fourth-order valence-electron chi connectivity index (χ4n) is 1.77. The molecule has 1 unspecified atom stereocenters. The van der Waals surface area contributed by atoms with Crippen LogP contribution in [0.25, 0.3) is 0 Å². The lowest BCUT2D eigenvalue weighted by atomic mass is 10.0. The molecule has 2 rings (SSSR count). The standard InChI is InChI=1S/C14H10ClF4N/c15-12(8-10-3-1-2-6-20-10)11-7-9(14(17,18)19)4-5-13(11)16/h1-7,12H,8H2. The van der Waals surface area contributed by atoms with Gasteiger partial charge in [0.15, 0.2) is 0 Å². The summed E-state index contributed by atoms with van der Waals surface area (Å²) in [4.78, 5) is 4.02. The van der Waals surface area contributed by atoms with E-state index in [9.17, 15) is 17.6 Å². The third kappa shape index (κ3) is 3.48. The monoisotopic (exact) mass is 303 g/mol. The van der Waals surface area contributed by atoms with Crippen molar-refractivity contribution in [1.82, 2.24) is 4.98 Å². The van der Waals surface area contributed by atoms with E-state index in [1.54, 1.807) is 24.4 Å². The van der Waals surface area contributed by atoms with Crippen LogP contribution in [-0.4, -0.2) is 4.98 Å². The molecule has 0 aliphatic heterocycles. The summed E-state index contributed by atoms with van der Waals surface area (Å²) >= 11 is 6.02. The average Bonchev–Trinajstić information content (AvgIpc) is 2.39. The molecule has 0 saturated carbocycles. The largest absolute Gasteiger partial charge is 0.416 e. The average molecular weight is 304 g/mol. The highest BCUT2D eigenvalue weighted by Crippen LogP contribution is 2.34. The molecule has 20 heavy (non-hydrogen) atoms. The molecule has 0 fully saturated rings. The molecule has 0 radical (unpaired) electrons. The van der Waals surface area contributed by atoms with E-state index in [2.05, 4.69) is 4.98 Å². The van der Waals surface area contributed by atoms with E-state index in [4.69, 9.17) is 11.6 Å². The second-order valence-corrected chi connectivity index (χ2v) is 4.75. The van der Waals surface area contributed by atoms with E-state index in [0.717, 1.165) is 12.1 Å². The molecule has 1 heterocycles. The summed E-state index contributed by atoms with van der Waals surface area (Å²) in [7, 11) is 0. The lowest BCUT2D eigenvalue weighted by Gasteiger charge is -2.13. The predicted molar refractivity (Wildman–Crippen MR) is 67.9 cm³/mol. The van der Waals surface area contributed by atoms with Gasteiger partial charge in [0.1, 0.15) is 5.82 Å². The van der Waals surface area contributed by atoms with E-state index >= 15 is 0 Å². The lowest BCUT2D eigenvalue weighted by Crippen LogP contribution is -2.08. The Balaban J connectivity index is 2.27. The first-order chi connectivity index (χ1) is 9.38. The highest BCUT2D eigenvalue weighted by atomic mass is 35.5. The van der Waals surface area contributed by atoms with Gasteiger partial charge in [-0.2, -0.15) is 13.2 Å². The molecule has 0 bridgehead atoms. The minimum absolute atomic E-state index is 0.153. The Hall–Kier alpha value is -1.62. The number of aromatic nitrogens is 1. The van der Waals surface area contributed by atoms with Crippen molar-refractivity contribution in [2.75, 3.05) is 0 Å². The highest BCUT2D eigenvalue weighted by molar-refractivity contribution is 6.20. The van der Waals surface area contributed by atoms with Gasteiger partial charge in [-0.15, -0.1) is 11.6 Å². The molecule has 0 spiro atoms. The van der Waals surface area contributed by atoms with Crippen molar-refractivity contribution in [3.8, 4) is 0 Å². The maximum Gasteiger partial charge on any atom is 0.416 e. The first-order valence-electron chi connectivity index (χ1n) is 5.78. The Labute approximate surface area is 118 Å². The van der Waals surface area contributed by atoms with E-state index in [1.807, 2.05) is 0 Å². The van der Waals surface area contributed by atoms with Crippen LogP contribution in [0.4, 0.5) is 17.6 Å². The quantitative estimate of drug-likeness (QED) is 0.588. The van der Waals surface area contributed by atoms with Crippen LogP contribution in [0.3, 0.4) is 0 Å². The zero-order chi connectivity index (χ0) is 14.8. The van der Waals surface area contributed by atoms with Gasteiger partial charge in [0.2, 0.25) is 0 Å². The molecule has 0 N–H and O–H groups in total. The molecule has 0 amide bonds. The first kappa shape index (κ1) is 14.8. The van der Waals surface area contributed by atoms with Crippen molar-refractivity contribution in [2.24, 2.45) is 0 Å². The van der Waals surface area contributed by atoms with Crippen LogP contribution in [0.5, 0.6) is 0 Å². The van der Waals surface area contributed by atoms with Crippen LogP contribution >= 0.6 is 11.6 Å². The molecule has 106 valence electrons. The van der Waals surface area contributed by atoms with Crippen molar-refractivity contribution >= 4 is 11.6 Å². The number of alkyl halides is 4. The van der Waals surface area contributed by atoms with E-state index in [-0.39, 0.29) is 12.0 Å². The Morgan fingerprint density at radius 3 is 2.50 bits per heavy atom. The number of pyridine rings is 1. The van der Waals surface area contributed by atoms with Crippen molar-refractivity contribution < 1.29 is 17.6 Å². The van der Waals surface area contributed by atoms with E-state index in [1.165, 1.54) is 0 Å². The molecule has 1 nitrogen and oxygen atoms in total. The summed E-state index contributed by atoms with van der Waals surface area (Å²) in [6.45, 7) is 0. The molecule has 0 aliphatic carbocycles. The summed E-state index contributed by atoms with van der Waals surface area (Å²) in [5.74, 6) is -0.756. The first-order valence-corrected chi connectivity index (χ1v) is 6.22. The van der Waals surface area contributed by atoms with Gasteiger partial charge >= 0.3 is 6.18 Å². The summed E-state index contributed by atoms with van der Waals surface area (Å²) < 4.78 is 51.5. The van der Waals surface area contributed by atoms with Crippen LogP contribution < -0.4 is 0 Å². The predicted octanol–water partition coefficient (Wildman–Crippen LogP) is 4.76. The summed E-state index contributed by atoms with van der Waals surface area (Å²) in [5, 5.41) is -0.910. The van der Waals surface area contributed by atoms with Crippen LogP contribution in [0.2, 0.25) is 0 Å². The Kier molecular flexibility index (Phi) is 4.28. The third-order valence-corrected chi connectivity index (χ3v) is 3.16. The van der Waals surface area contributed by atoms with Gasteiger partial charge in [0.05, 0.1) is 10.9 Å². The number of halogens is 5. The molecule has 0 saturated heterocycles. The van der Waals surface area contributed by atoms with Crippen LogP contribution in [0.15, 0.2) is 42.6 Å². The van der Waals surface area contributed by atoms with Crippen LogP contribution in [0, 0.1) is 5.82 Å². The maximum atomic E-state index is 13.6. The number of nitrogens with zero attached hydrogens (tertiary/aromatic N) is 1. The smallest absolute Gasteiger partial charge is 0.261 e. The second kappa shape index (κ2) is 5.79. The summed E-state index contributed by atoms with van der Waals surface area (Å²) in [5.41, 5.74) is -0.503. The maximum absolute atomic E-state index is 13.6. The van der Waals surface area contributed by atoms with Crippen LogP contribution in [-0.2, 0) is 12.6 Å². The van der Waals surface area contributed by atoms with Gasteiger partial charge in [0, 0.05) is 23.9 Å². The molecular formula is C14H10ClF4N. The van der Waals surface area contributed by atoms with Crippen molar-refractivity contribution in [2.45, 2.75) is 18.0 Å². The Bertz CT molecular complexity index is 583. The fraction of sp³-hybridized carbons (Fsp3) is 0.214. The summed E-state index contributed by atoms with van der Waals surface area (Å²) in [6, 6.07) is 7.35. The van der Waals surface area contributed by atoms with Gasteiger partial charge in [-0.05, 0) is 30.3 Å². The van der Waals surface area contributed by atoms with Crippen molar-refractivity contribution in [1.29, 1.82) is 0 Å². The van der Waals surface area contributed by atoms with Gasteiger partial charge in [0.25, 0.3) is 0 Å². The molecule has 1 aromatic heterocycles. The van der Waals surface area contributed by atoms with Gasteiger partial charge < -0.3 is 0 Å². The lowest BCUT2D eigenvalue weighted by molar-refractivity contribution is -0.137. The van der Waals surface area contributed by atoms with Gasteiger partial charge in [-0.25, -0.2) is 4.39 Å². The molecular weight excluding hydrogens is 294 g/mol. The number of rotatable bonds is 3. The fourth-order valence-corrected chi connectivity index (χ4v) is 2.10. The van der Waals surface area contributed by atoms with E-state index in [0.29, 0.717) is 11.8 Å². The zero-order valence-corrected chi connectivity index (χ0v) is 10.9. The minimum atomic E-state index is -4.52. The Morgan fingerprint density at radius 1 is 1.15 bits per heavy atom. The van der Waals surface area contributed by atoms with Gasteiger partial charge in [-0.1, -0.05) is 6.07 Å². The minimum Gasteiger partial charge on any atom is -0.261 e. The molecule has 2 aromatic rings. The van der Waals surface area contributed by atoms with Gasteiger partial charge in [-0.3, -0.25) is 4.98 Å². The highest BCUT2D eigenvalue weighted by Gasteiger charge is 2.31. The third-order valence-electron chi connectivity index (χ3n) is 2.78. The van der Waals surface area contributed by atoms with Crippen molar-refractivity contribution in [3.63, 3.8) is 0 Å². The number of hydrogen-bond acceptors (Lipinski definition) is 1. The van der Waals surface area contributed by atoms with E-state index < -0.39 is 22.9 Å². The zero-order valence-electron chi connectivity index (χ0n) is 10.2.